The molecule has 3 nitrogen and oxygen atoms in total. The Hall–Kier alpha value is -0.170. The summed E-state index contributed by atoms with van der Waals surface area (Å²) in [5.41, 5.74) is 6.22. The van der Waals surface area contributed by atoms with Crippen LogP contribution in [0.15, 0.2) is 5.38 Å². The lowest BCUT2D eigenvalue weighted by Gasteiger charge is -2.15. The van der Waals surface area contributed by atoms with Gasteiger partial charge in [0.15, 0.2) is 10.9 Å². The van der Waals surface area contributed by atoms with Crippen molar-refractivity contribution in [2.75, 3.05) is 5.73 Å². The molecule has 5 heteroatoms. The van der Waals surface area contributed by atoms with Gasteiger partial charge in [-0.2, -0.15) is 0 Å². The minimum Gasteiger partial charge on any atom is -0.375 e. The Balaban J connectivity index is 3.05. The van der Waals surface area contributed by atoms with E-state index in [0.717, 1.165) is 5.69 Å². The summed E-state index contributed by atoms with van der Waals surface area (Å²) in [7, 11) is 0. The van der Waals surface area contributed by atoms with Gasteiger partial charge in [0.2, 0.25) is 0 Å². The molecule has 0 radical (unpaired) electrons. The molecular weight excluding hydrogens is 287 g/mol. The molecule has 0 bridgehead atoms. The molecule has 0 aliphatic carbocycles. The first-order valence-corrected chi connectivity index (χ1v) is 5.32. The molecule has 0 amide bonds. The van der Waals surface area contributed by atoms with Crippen molar-refractivity contribution in [2.24, 2.45) is 0 Å². The van der Waals surface area contributed by atoms with E-state index in [4.69, 9.17) is 5.73 Å². The van der Waals surface area contributed by atoms with E-state index >= 15 is 0 Å². The summed E-state index contributed by atoms with van der Waals surface area (Å²) in [4.78, 5) is 15.3. The quantitative estimate of drug-likeness (QED) is 0.670. The van der Waals surface area contributed by atoms with Crippen LogP contribution in [-0.4, -0.2) is 10.8 Å². The highest BCUT2D eigenvalue weighted by Gasteiger charge is 2.30. The molecule has 0 aromatic carbocycles. The molecule has 1 atom stereocenters. The van der Waals surface area contributed by atoms with Crippen LogP contribution in [0.5, 0.6) is 0 Å². The number of carbonyl (C=O) groups is 1. The highest BCUT2D eigenvalue weighted by molar-refractivity contribution is 14.1. The first-order chi connectivity index (χ1) is 5.44. The summed E-state index contributed by atoms with van der Waals surface area (Å²) < 4.78 is -0.536. The fraction of sp³-hybridized carbons (Fsp3) is 0.429. The third-order valence-corrected chi connectivity index (χ3v) is 3.65. The maximum absolute atomic E-state index is 11.2. The molecule has 0 aliphatic heterocycles. The normalized spacial score (nSPS) is 15.6. The third-order valence-electron chi connectivity index (χ3n) is 1.66. The average molecular weight is 296 g/mol. The van der Waals surface area contributed by atoms with Gasteiger partial charge in [0, 0.05) is 5.38 Å². The van der Waals surface area contributed by atoms with E-state index in [2.05, 4.69) is 27.6 Å². The predicted molar refractivity (Wildman–Crippen MR) is 58.6 cm³/mol. The lowest BCUT2D eigenvalue weighted by Crippen LogP contribution is -2.22. The van der Waals surface area contributed by atoms with Gasteiger partial charge in [-0.05, 0) is 13.8 Å². The summed E-state index contributed by atoms with van der Waals surface area (Å²) in [6.45, 7) is 3.40. The van der Waals surface area contributed by atoms with E-state index in [0.29, 0.717) is 5.13 Å². The van der Waals surface area contributed by atoms with E-state index in [1.54, 1.807) is 6.92 Å². The van der Waals surface area contributed by atoms with Crippen molar-refractivity contribution in [3.63, 3.8) is 0 Å². The maximum Gasteiger partial charge on any atom is 0.180 e. The SMILES string of the molecule is CC(=O)C(C)(I)c1csc(N)n1. The summed E-state index contributed by atoms with van der Waals surface area (Å²) in [6.07, 6.45) is 0. The highest BCUT2D eigenvalue weighted by Crippen LogP contribution is 2.33. The van der Waals surface area contributed by atoms with Crippen LogP contribution < -0.4 is 5.73 Å². The Labute approximate surface area is 88.5 Å². The summed E-state index contributed by atoms with van der Waals surface area (Å²) in [5.74, 6) is 0.0911. The molecule has 0 saturated carbocycles. The molecule has 1 aromatic rings. The molecule has 1 rings (SSSR count). The maximum atomic E-state index is 11.2. The van der Waals surface area contributed by atoms with Crippen LogP contribution in [-0.2, 0) is 8.22 Å². The Morgan fingerprint density at radius 3 is 2.75 bits per heavy atom. The van der Waals surface area contributed by atoms with E-state index in [9.17, 15) is 4.79 Å². The zero-order valence-corrected chi connectivity index (χ0v) is 9.77. The number of thiazole rings is 1. The minimum atomic E-state index is -0.536. The Kier molecular flexibility index (Phi) is 2.72. The Morgan fingerprint density at radius 1 is 1.83 bits per heavy atom. The molecule has 0 fully saturated rings. The average Bonchev–Trinajstić information content (AvgIpc) is 2.35. The molecule has 0 spiro atoms. The molecule has 1 heterocycles. The summed E-state index contributed by atoms with van der Waals surface area (Å²) in [5, 5.41) is 2.33. The number of Topliss-reactive ketones (excluding diaryl/α,β-unsaturated/α-hetero) is 1. The summed E-state index contributed by atoms with van der Waals surface area (Å²) in [6, 6.07) is 0. The number of nitrogen functional groups attached to an aromatic ring is 1. The van der Waals surface area contributed by atoms with Crippen LogP contribution in [0.25, 0.3) is 0 Å². The smallest absolute Gasteiger partial charge is 0.180 e. The van der Waals surface area contributed by atoms with Crippen molar-refractivity contribution in [1.82, 2.24) is 4.98 Å². The van der Waals surface area contributed by atoms with E-state index < -0.39 is 3.42 Å². The molecular formula is C7H9IN2OS. The standard InChI is InChI=1S/C7H9IN2OS/c1-4(11)7(2,8)5-3-12-6(9)10-5/h3H,1-2H3,(H2,9,10). The number of hydrogen-bond acceptors (Lipinski definition) is 4. The number of anilines is 1. The number of nitrogens with zero attached hydrogens (tertiary/aromatic N) is 1. The van der Waals surface area contributed by atoms with Gasteiger partial charge in [-0.15, -0.1) is 11.3 Å². The summed E-state index contributed by atoms with van der Waals surface area (Å²) >= 11 is 3.44. The zero-order valence-electron chi connectivity index (χ0n) is 6.80. The van der Waals surface area contributed by atoms with Gasteiger partial charge in [0.25, 0.3) is 0 Å². The molecule has 0 saturated heterocycles. The predicted octanol–water partition coefficient (Wildman–Crippen LogP) is 1.96. The minimum absolute atomic E-state index is 0.0911. The lowest BCUT2D eigenvalue weighted by molar-refractivity contribution is -0.118. The van der Waals surface area contributed by atoms with Gasteiger partial charge < -0.3 is 5.73 Å². The van der Waals surface area contributed by atoms with Crippen molar-refractivity contribution in [3.8, 4) is 0 Å². The highest BCUT2D eigenvalue weighted by atomic mass is 127. The molecule has 1 aromatic heterocycles. The van der Waals surface area contributed by atoms with Crippen LogP contribution in [0.2, 0.25) is 0 Å². The van der Waals surface area contributed by atoms with Crippen LogP contribution >= 0.6 is 33.9 Å². The second kappa shape index (κ2) is 3.29. The van der Waals surface area contributed by atoms with Crippen molar-refractivity contribution < 1.29 is 4.79 Å². The van der Waals surface area contributed by atoms with Gasteiger partial charge in [-0.1, -0.05) is 22.6 Å². The van der Waals surface area contributed by atoms with Crippen LogP contribution in [0, 0.1) is 0 Å². The lowest BCUT2D eigenvalue weighted by atomic mass is 10.1. The number of aromatic nitrogens is 1. The fourth-order valence-electron chi connectivity index (χ4n) is 0.684. The van der Waals surface area contributed by atoms with Gasteiger partial charge in [0.1, 0.15) is 3.42 Å². The largest absolute Gasteiger partial charge is 0.375 e. The zero-order chi connectivity index (χ0) is 9.35. The topological polar surface area (TPSA) is 56.0 Å². The first-order valence-electron chi connectivity index (χ1n) is 3.36. The number of halogens is 1. The first kappa shape index (κ1) is 9.91. The monoisotopic (exact) mass is 296 g/mol. The number of carbonyl (C=O) groups excluding carboxylic acids is 1. The third kappa shape index (κ3) is 1.77. The molecule has 12 heavy (non-hydrogen) atoms. The fourth-order valence-corrected chi connectivity index (χ4v) is 1.84. The molecule has 2 N–H and O–H groups in total. The Bertz CT molecular complexity index is 308. The van der Waals surface area contributed by atoms with Crippen molar-refractivity contribution in [2.45, 2.75) is 17.3 Å². The second-order valence-electron chi connectivity index (χ2n) is 2.63. The van der Waals surface area contributed by atoms with Gasteiger partial charge in [-0.3, -0.25) is 4.79 Å². The van der Waals surface area contributed by atoms with Crippen LogP contribution in [0.4, 0.5) is 5.13 Å². The number of ketones is 1. The van der Waals surface area contributed by atoms with Crippen molar-refractivity contribution >= 4 is 44.8 Å². The Morgan fingerprint density at radius 2 is 2.42 bits per heavy atom. The van der Waals surface area contributed by atoms with Gasteiger partial charge in [-0.25, -0.2) is 4.98 Å². The van der Waals surface area contributed by atoms with Crippen LogP contribution in [0.1, 0.15) is 19.5 Å². The van der Waals surface area contributed by atoms with Gasteiger partial charge >= 0.3 is 0 Å². The van der Waals surface area contributed by atoms with Crippen LogP contribution in [0.3, 0.4) is 0 Å². The molecule has 1 unspecified atom stereocenters. The number of hydrogen-bond donors (Lipinski definition) is 1. The van der Waals surface area contributed by atoms with E-state index in [1.165, 1.54) is 11.3 Å². The van der Waals surface area contributed by atoms with E-state index in [1.807, 2.05) is 12.3 Å². The molecule has 0 aliphatic rings. The number of rotatable bonds is 2. The van der Waals surface area contributed by atoms with Crippen molar-refractivity contribution in [1.29, 1.82) is 0 Å². The number of nitrogens with two attached hydrogens (primary N) is 1. The number of alkyl halides is 1. The van der Waals surface area contributed by atoms with E-state index in [-0.39, 0.29) is 5.78 Å². The molecule has 66 valence electrons. The van der Waals surface area contributed by atoms with Crippen molar-refractivity contribution in [3.05, 3.63) is 11.1 Å². The second-order valence-corrected chi connectivity index (χ2v) is 5.68. The van der Waals surface area contributed by atoms with Gasteiger partial charge in [0.05, 0.1) is 5.69 Å².